The molecule has 0 aliphatic rings. The molecule has 2 aromatic rings. The average Bonchev–Trinajstić information content (AvgIpc) is 2.99. The smallest absolute Gasteiger partial charge is 0.341 e. The zero-order valence-electron chi connectivity index (χ0n) is 14.1. The molecule has 2 N–H and O–H groups in total. The number of amides is 1. The Labute approximate surface area is 163 Å². The number of halogens is 1. The fourth-order valence-electron chi connectivity index (χ4n) is 2.29. The Kier molecular flexibility index (Phi) is 7.35. The predicted octanol–water partition coefficient (Wildman–Crippen LogP) is 4.55. The van der Waals surface area contributed by atoms with Gasteiger partial charge < -0.3 is 15.2 Å². The maximum atomic E-state index is 12.4. The Morgan fingerprint density at radius 3 is 2.50 bits per heavy atom. The third kappa shape index (κ3) is 5.40. The molecule has 8 heteroatoms. The van der Waals surface area contributed by atoms with Crippen molar-refractivity contribution in [1.82, 2.24) is 0 Å². The summed E-state index contributed by atoms with van der Waals surface area (Å²) in [7, 11) is 0. The van der Waals surface area contributed by atoms with Crippen LogP contribution in [0.2, 0.25) is 0 Å². The van der Waals surface area contributed by atoms with E-state index in [1.54, 1.807) is 12.3 Å². The molecule has 1 amide bonds. The number of hydrogen-bond donors (Lipinski definition) is 2. The van der Waals surface area contributed by atoms with Crippen LogP contribution in [0.3, 0.4) is 0 Å². The summed E-state index contributed by atoms with van der Waals surface area (Å²) in [4.78, 5) is 35.0. The first kappa shape index (κ1) is 20.1. The van der Waals surface area contributed by atoms with Gasteiger partial charge in [0.1, 0.15) is 10.6 Å². The number of aliphatic carboxylic acids is 1. The molecule has 6 nitrogen and oxygen atoms in total. The summed E-state index contributed by atoms with van der Waals surface area (Å²) in [6.45, 7) is 1.94. The third-order valence-corrected chi connectivity index (χ3v) is 4.90. The minimum absolute atomic E-state index is 0.0695. The van der Waals surface area contributed by atoms with Gasteiger partial charge in [-0.3, -0.25) is 9.59 Å². The van der Waals surface area contributed by atoms with Crippen LogP contribution in [0.1, 0.15) is 36.5 Å². The van der Waals surface area contributed by atoms with Crippen molar-refractivity contribution in [1.29, 1.82) is 0 Å². The molecular formula is C18H18BrNO5S. The number of rotatable bonds is 8. The van der Waals surface area contributed by atoms with E-state index in [-0.39, 0.29) is 31.8 Å². The van der Waals surface area contributed by atoms with Crippen LogP contribution < -0.4 is 5.32 Å². The Morgan fingerprint density at radius 2 is 1.88 bits per heavy atom. The second-order valence-corrected chi connectivity index (χ2v) is 7.17. The van der Waals surface area contributed by atoms with Crippen LogP contribution in [0.25, 0.3) is 11.1 Å². The molecule has 0 unspecified atom stereocenters. The third-order valence-electron chi connectivity index (χ3n) is 3.47. The normalized spacial score (nSPS) is 10.4. The Balaban J connectivity index is 2.25. The maximum absolute atomic E-state index is 12.4. The number of esters is 1. The summed E-state index contributed by atoms with van der Waals surface area (Å²) in [5, 5.41) is 13.5. The van der Waals surface area contributed by atoms with Gasteiger partial charge in [-0.1, -0.05) is 28.1 Å². The summed E-state index contributed by atoms with van der Waals surface area (Å²) < 4.78 is 6.05. The highest BCUT2D eigenvalue weighted by Gasteiger charge is 2.22. The summed E-state index contributed by atoms with van der Waals surface area (Å²) in [6.07, 6.45) is 0.230. The van der Waals surface area contributed by atoms with E-state index in [9.17, 15) is 14.4 Å². The van der Waals surface area contributed by atoms with Crippen LogP contribution in [0, 0.1) is 0 Å². The molecule has 138 valence electrons. The number of thiophene rings is 1. The highest BCUT2D eigenvalue weighted by Crippen LogP contribution is 2.36. The van der Waals surface area contributed by atoms with Crippen LogP contribution in [0.15, 0.2) is 34.1 Å². The van der Waals surface area contributed by atoms with Gasteiger partial charge in [0.25, 0.3) is 0 Å². The standard InChI is InChI=1S/C18H18BrNO5S/c1-2-25-18(24)16-13(11-6-8-12(19)9-7-11)10-26-17(16)20-14(21)4-3-5-15(22)23/h6-10H,2-5H2,1H3,(H,20,21)(H,22,23). The van der Waals surface area contributed by atoms with Gasteiger partial charge in [0.05, 0.1) is 6.61 Å². The maximum Gasteiger partial charge on any atom is 0.341 e. The van der Waals surface area contributed by atoms with E-state index in [2.05, 4.69) is 21.2 Å². The lowest BCUT2D eigenvalue weighted by molar-refractivity contribution is -0.137. The highest BCUT2D eigenvalue weighted by atomic mass is 79.9. The zero-order chi connectivity index (χ0) is 19.1. The van der Waals surface area contributed by atoms with Crippen molar-refractivity contribution < 1.29 is 24.2 Å². The molecule has 0 aliphatic carbocycles. The van der Waals surface area contributed by atoms with Gasteiger partial charge in [0.15, 0.2) is 0 Å². The minimum atomic E-state index is -0.946. The number of carboxylic acid groups (broad SMARTS) is 1. The topological polar surface area (TPSA) is 92.7 Å². The molecule has 0 spiro atoms. The molecule has 0 fully saturated rings. The van der Waals surface area contributed by atoms with Gasteiger partial charge in [0, 0.05) is 28.3 Å². The van der Waals surface area contributed by atoms with Crippen LogP contribution in [0.4, 0.5) is 5.00 Å². The first-order valence-electron chi connectivity index (χ1n) is 7.98. The molecule has 0 bridgehead atoms. The van der Waals surface area contributed by atoms with Gasteiger partial charge in [-0.2, -0.15) is 0 Å². The number of carboxylic acids is 1. The Morgan fingerprint density at radius 1 is 1.19 bits per heavy atom. The van der Waals surface area contributed by atoms with E-state index in [1.165, 1.54) is 11.3 Å². The number of nitrogens with one attached hydrogen (secondary N) is 1. The molecule has 26 heavy (non-hydrogen) atoms. The zero-order valence-corrected chi connectivity index (χ0v) is 16.5. The van der Waals surface area contributed by atoms with Crippen molar-refractivity contribution in [2.45, 2.75) is 26.2 Å². The SMILES string of the molecule is CCOC(=O)c1c(-c2ccc(Br)cc2)csc1NC(=O)CCCC(=O)O. The lowest BCUT2D eigenvalue weighted by Gasteiger charge is -2.09. The first-order chi connectivity index (χ1) is 12.4. The van der Waals surface area contributed by atoms with Crippen molar-refractivity contribution in [2.24, 2.45) is 0 Å². The molecule has 0 saturated carbocycles. The number of ether oxygens (including phenoxy) is 1. The van der Waals surface area contributed by atoms with Crippen molar-refractivity contribution >= 4 is 50.1 Å². The van der Waals surface area contributed by atoms with Crippen molar-refractivity contribution in [3.05, 3.63) is 39.7 Å². The highest BCUT2D eigenvalue weighted by molar-refractivity contribution is 9.10. The van der Waals surface area contributed by atoms with Crippen LogP contribution in [0.5, 0.6) is 0 Å². The van der Waals surface area contributed by atoms with Gasteiger partial charge >= 0.3 is 11.9 Å². The number of benzene rings is 1. The van der Waals surface area contributed by atoms with Crippen LogP contribution in [-0.2, 0) is 14.3 Å². The van der Waals surface area contributed by atoms with Gasteiger partial charge in [-0.05, 0) is 31.0 Å². The molecule has 1 aromatic carbocycles. The molecular weight excluding hydrogens is 422 g/mol. The Bertz CT molecular complexity index is 800. The fraction of sp³-hybridized carbons (Fsp3) is 0.278. The van der Waals surface area contributed by atoms with E-state index in [0.717, 1.165) is 10.0 Å². The molecule has 0 atom stereocenters. The lowest BCUT2D eigenvalue weighted by atomic mass is 10.0. The monoisotopic (exact) mass is 439 g/mol. The van der Waals surface area contributed by atoms with Gasteiger partial charge in [0.2, 0.25) is 5.91 Å². The average molecular weight is 440 g/mol. The largest absolute Gasteiger partial charge is 0.481 e. The van der Waals surface area contributed by atoms with E-state index in [4.69, 9.17) is 9.84 Å². The van der Waals surface area contributed by atoms with Crippen molar-refractivity contribution in [3.8, 4) is 11.1 Å². The number of carbonyl (C=O) groups excluding carboxylic acids is 2. The quantitative estimate of drug-likeness (QED) is 0.588. The number of carbonyl (C=O) groups is 3. The molecule has 0 saturated heterocycles. The molecule has 1 heterocycles. The summed E-state index contributed by atoms with van der Waals surface area (Å²) >= 11 is 4.61. The van der Waals surface area contributed by atoms with Gasteiger partial charge in [-0.25, -0.2) is 4.79 Å². The van der Waals surface area contributed by atoms with E-state index < -0.39 is 11.9 Å². The molecule has 2 rings (SSSR count). The van der Waals surface area contributed by atoms with Gasteiger partial charge in [-0.15, -0.1) is 11.3 Å². The van der Waals surface area contributed by atoms with Crippen molar-refractivity contribution in [3.63, 3.8) is 0 Å². The summed E-state index contributed by atoms with van der Waals surface area (Å²) in [5.41, 5.74) is 1.83. The Hall–Kier alpha value is -2.19. The van der Waals surface area contributed by atoms with Crippen LogP contribution >= 0.6 is 27.3 Å². The molecule has 0 aliphatic heterocycles. The first-order valence-corrected chi connectivity index (χ1v) is 9.65. The molecule has 0 radical (unpaired) electrons. The summed E-state index contributed by atoms with van der Waals surface area (Å²) in [5.74, 6) is -1.79. The number of anilines is 1. The van der Waals surface area contributed by atoms with E-state index in [0.29, 0.717) is 16.1 Å². The predicted molar refractivity (Wildman–Crippen MR) is 104 cm³/mol. The molecule has 1 aromatic heterocycles. The fourth-order valence-corrected chi connectivity index (χ4v) is 3.52. The van der Waals surface area contributed by atoms with E-state index in [1.807, 2.05) is 24.3 Å². The van der Waals surface area contributed by atoms with Crippen molar-refractivity contribution in [2.75, 3.05) is 11.9 Å². The van der Waals surface area contributed by atoms with Crippen LogP contribution in [-0.4, -0.2) is 29.6 Å². The summed E-state index contributed by atoms with van der Waals surface area (Å²) in [6, 6.07) is 7.47. The number of hydrogen-bond acceptors (Lipinski definition) is 5. The second-order valence-electron chi connectivity index (χ2n) is 5.38. The van der Waals surface area contributed by atoms with E-state index >= 15 is 0 Å². The second kappa shape index (κ2) is 9.49. The minimum Gasteiger partial charge on any atom is -0.481 e. The lowest BCUT2D eigenvalue weighted by Crippen LogP contribution is -2.14.